The van der Waals surface area contributed by atoms with Crippen LogP contribution in [-0.2, 0) is 27.4 Å². The van der Waals surface area contributed by atoms with Gasteiger partial charge in [-0.3, -0.25) is 14.5 Å². The molecule has 0 saturated carbocycles. The van der Waals surface area contributed by atoms with Crippen LogP contribution >= 0.6 is 0 Å². The van der Waals surface area contributed by atoms with Crippen LogP contribution in [0.5, 0.6) is 0 Å². The second-order valence-corrected chi connectivity index (χ2v) is 8.49. The van der Waals surface area contributed by atoms with Crippen LogP contribution in [0.1, 0.15) is 42.6 Å². The maximum atomic E-state index is 13.4. The highest BCUT2D eigenvalue weighted by atomic mass is 16.6. The molecule has 35 heavy (non-hydrogen) atoms. The molecular weight excluding hydrogens is 442 g/mol. The molecule has 3 amide bonds. The van der Waals surface area contributed by atoms with Crippen molar-refractivity contribution >= 4 is 23.6 Å². The van der Waals surface area contributed by atoms with E-state index in [1.807, 2.05) is 67.6 Å². The summed E-state index contributed by atoms with van der Waals surface area (Å²) in [5, 5.41) is 5.81. The Morgan fingerprint density at radius 2 is 1.51 bits per heavy atom. The predicted octanol–water partition coefficient (Wildman–Crippen LogP) is 4.80. The highest BCUT2D eigenvalue weighted by molar-refractivity contribution is 5.91. The molecule has 0 spiro atoms. The normalized spacial score (nSPS) is 17.1. The topological polar surface area (TPSA) is 87.7 Å². The van der Waals surface area contributed by atoms with Gasteiger partial charge >= 0.3 is 6.09 Å². The quantitative estimate of drug-likeness (QED) is 0.469. The lowest BCUT2D eigenvalue weighted by Crippen LogP contribution is -2.46. The van der Waals surface area contributed by atoms with Crippen molar-refractivity contribution < 1.29 is 19.1 Å². The number of cyclic esters (lactones) is 1. The number of benzene rings is 3. The van der Waals surface area contributed by atoms with Crippen molar-refractivity contribution in [3.63, 3.8) is 0 Å². The molecule has 2 atom stereocenters. The minimum Gasteiger partial charge on any atom is -0.438 e. The lowest BCUT2D eigenvalue weighted by atomic mass is 10.00. The Labute approximate surface area is 205 Å². The molecule has 3 aromatic rings. The second-order valence-electron chi connectivity index (χ2n) is 8.49. The first-order valence-electron chi connectivity index (χ1n) is 11.8. The summed E-state index contributed by atoms with van der Waals surface area (Å²) in [6.45, 7) is 2.55. The zero-order valence-corrected chi connectivity index (χ0v) is 19.6. The van der Waals surface area contributed by atoms with Gasteiger partial charge in [0.25, 0.3) is 0 Å². The number of nitrogens with one attached hydrogen (secondary N) is 2. The summed E-state index contributed by atoms with van der Waals surface area (Å²) in [7, 11) is 0. The lowest BCUT2D eigenvalue weighted by Gasteiger charge is -2.24. The van der Waals surface area contributed by atoms with Crippen molar-refractivity contribution in [2.75, 3.05) is 5.32 Å². The van der Waals surface area contributed by atoms with Gasteiger partial charge in [0.15, 0.2) is 12.1 Å². The van der Waals surface area contributed by atoms with Crippen molar-refractivity contribution in [3.05, 3.63) is 102 Å². The van der Waals surface area contributed by atoms with Gasteiger partial charge in [-0.05, 0) is 35.2 Å². The van der Waals surface area contributed by atoms with Crippen LogP contribution in [0.4, 0.5) is 10.5 Å². The Morgan fingerprint density at radius 1 is 0.886 bits per heavy atom. The molecule has 1 fully saturated rings. The van der Waals surface area contributed by atoms with Crippen molar-refractivity contribution in [1.29, 1.82) is 0 Å². The summed E-state index contributed by atoms with van der Waals surface area (Å²) < 4.78 is 5.72. The Hall–Kier alpha value is -4.13. The Bertz CT molecular complexity index is 1150. The third-order valence-corrected chi connectivity index (χ3v) is 5.86. The summed E-state index contributed by atoms with van der Waals surface area (Å²) in [5.41, 5.74) is 3.20. The number of carbonyl (C=O) groups is 3. The largest absolute Gasteiger partial charge is 0.438 e. The van der Waals surface area contributed by atoms with Gasteiger partial charge in [0.05, 0.1) is 6.54 Å². The third-order valence-electron chi connectivity index (χ3n) is 5.86. The maximum Gasteiger partial charge on any atom is 0.411 e. The predicted molar refractivity (Wildman–Crippen MR) is 133 cm³/mol. The Kier molecular flexibility index (Phi) is 7.77. The summed E-state index contributed by atoms with van der Waals surface area (Å²) in [6, 6.07) is 25.4. The molecule has 0 bridgehead atoms. The van der Waals surface area contributed by atoms with Crippen LogP contribution in [0.3, 0.4) is 0 Å². The van der Waals surface area contributed by atoms with E-state index in [9.17, 15) is 14.4 Å². The molecule has 1 aliphatic rings. The Balaban J connectivity index is 1.56. The SMILES string of the molecule is CCCC(=O)Nc1ccc(C2OC(=O)N(Cc3ccccc3)C2C(=O)NCc2ccccc2)cc1. The summed E-state index contributed by atoms with van der Waals surface area (Å²) in [4.78, 5) is 39.7. The molecule has 7 nitrogen and oxygen atoms in total. The first-order valence-corrected chi connectivity index (χ1v) is 11.8. The summed E-state index contributed by atoms with van der Waals surface area (Å²) in [5.74, 6) is -0.347. The number of nitrogens with zero attached hydrogens (tertiary/aromatic N) is 1. The standard InChI is InChI=1S/C28H29N3O4/c1-2-9-24(32)30-23-16-14-22(15-17-23)26-25(27(33)29-18-20-10-5-3-6-11-20)31(28(34)35-26)19-21-12-7-4-8-13-21/h3-8,10-17,25-26H,2,9,18-19H2,1H3,(H,29,33)(H,30,32). The fourth-order valence-electron chi connectivity index (χ4n) is 4.09. The number of carbonyl (C=O) groups excluding carboxylic acids is 3. The highest BCUT2D eigenvalue weighted by Crippen LogP contribution is 2.34. The van der Waals surface area contributed by atoms with E-state index >= 15 is 0 Å². The number of anilines is 1. The molecule has 180 valence electrons. The van der Waals surface area contributed by atoms with Crippen LogP contribution in [-0.4, -0.2) is 28.8 Å². The minimum atomic E-state index is -0.841. The van der Waals surface area contributed by atoms with Gasteiger partial charge in [0, 0.05) is 18.7 Å². The van der Waals surface area contributed by atoms with Crippen LogP contribution in [0.15, 0.2) is 84.9 Å². The van der Waals surface area contributed by atoms with E-state index < -0.39 is 18.2 Å². The van der Waals surface area contributed by atoms with Gasteiger partial charge in [-0.25, -0.2) is 4.79 Å². The lowest BCUT2D eigenvalue weighted by molar-refractivity contribution is -0.126. The minimum absolute atomic E-state index is 0.0558. The van der Waals surface area contributed by atoms with E-state index in [1.165, 1.54) is 4.90 Å². The molecule has 1 saturated heterocycles. The van der Waals surface area contributed by atoms with Gasteiger partial charge in [-0.1, -0.05) is 79.7 Å². The first kappa shape index (κ1) is 24.0. The molecule has 4 rings (SSSR count). The third kappa shape index (κ3) is 6.06. The Morgan fingerprint density at radius 3 is 2.14 bits per heavy atom. The molecule has 7 heteroatoms. The van der Waals surface area contributed by atoms with E-state index in [-0.39, 0.29) is 18.4 Å². The van der Waals surface area contributed by atoms with E-state index in [2.05, 4.69) is 10.6 Å². The molecule has 1 heterocycles. The van der Waals surface area contributed by atoms with E-state index in [4.69, 9.17) is 4.74 Å². The molecular formula is C28H29N3O4. The number of ether oxygens (including phenoxy) is 1. The fraction of sp³-hybridized carbons (Fsp3) is 0.250. The molecule has 2 unspecified atom stereocenters. The zero-order valence-electron chi connectivity index (χ0n) is 19.6. The molecule has 0 aromatic heterocycles. The average Bonchev–Trinajstić information content (AvgIpc) is 3.20. The second kappa shape index (κ2) is 11.3. The van der Waals surface area contributed by atoms with Gasteiger partial charge in [0.2, 0.25) is 11.8 Å². The van der Waals surface area contributed by atoms with Gasteiger partial charge in [-0.15, -0.1) is 0 Å². The van der Waals surface area contributed by atoms with Crippen LogP contribution < -0.4 is 10.6 Å². The molecule has 0 radical (unpaired) electrons. The fourth-order valence-corrected chi connectivity index (χ4v) is 4.09. The van der Waals surface area contributed by atoms with Gasteiger partial charge < -0.3 is 15.4 Å². The van der Waals surface area contributed by atoms with Gasteiger partial charge in [0.1, 0.15) is 0 Å². The van der Waals surface area contributed by atoms with Crippen molar-refractivity contribution in [2.24, 2.45) is 0 Å². The van der Waals surface area contributed by atoms with Crippen LogP contribution in [0.2, 0.25) is 0 Å². The monoisotopic (exact) mass is 471 g/mol. The number of amides is 3. The number of hydrogen-bond acceptors (Lipinski definition) is 4. The number of hydrogen-bond donors (Lipinski definition) is 2. The highest BCUT2D eigenvalue weighted by Gasteiger charge is 2.46. The smallest absolute Gasteiger partial charge is 0.411 e. The van der Waals surface area contributed by atoms with Crippen LogP contribution in [0.25, 0.3) is 0 Å². The van der Waals surface area contributed by atoms with Crippen LogP contribution in [0, 0.1) is 0 Å². The number of rotatable bonds is 9. The van der Waals surface area contributed by atoms with E-state index in [1.54, 1.807) is 24.3 Å². The zero-order chi connectivity index (χ0) is 24.6. The van der Waals surface area contributed by atoms with Crippen molar-refractivity contribution in [3.8, 4) is 0 Å². The van der Waals surface area contributed by atoms with E-state index in [0.717, 1.165) is 17.5 Å². The summed E-state index contributed by atoms with van der Waals surface area (Å²) in [6.07, 6.45) is -0.111. The molecule has 1 aliphatic heterocycles. The maximum absolute atomic E-state index is 13.4. The molecule has 0 aliphatic carbocycles. The van der Waals surface area contributed by atoms with E-state index in [0.29, 0.717) is 24.2 Å². The molecule has 3 aromatic carbocycles. The van der Waals surface area contributed by atoms with Gasteiger partial charge in [-0.2, -0.15) is 0 Å². The van der Waals surface area contributed by atoms with Crippen molar-refractivity contribution in [1.82, 2.24) is 10.2 Å². The first-order chi connectivity index (χ1) is 17.0. The van der Waals surface area contributed by atoms with Crippen molar-refractivity contribution in [2.45, 2.75) is 45.0 Å². The molecule has 2 N–H and O–H groups in total. The average molecular weight is 472 g/mol. The summed E-state index contributed by atoms with van der Waals surface area (Å²) >= 11 is 0.